The van der Waals surface area contributed by atoms with E-state index in [9.17, 15) is 9.59 Å². The zero-order valence-corrected chi connectivity index (χ0v) is 12.5. The van der Waals surface area contributed by atoms with Gasteiger partial charge in [0.05, 0.1) is 6.54 Å². The molecule has 0 aliphatic heterocycles. The van der Waals surface area contributed by atoms with Gasteiger partial charge in [0.15, 0.2) is 0 Å². The number of likely N-dealkylation sites (N-methyl/N-ethyl adjacent to an activating group) is 1. The molecule has 0 heterocycles. The van der Waals surface area contributed by atoms with Crippen molar-refractivity contribution in [3.63, 3.8) is 0 Å². The molecule has 0 aliphatic carbocycles. The van der Waals surface area contributed by atoms with E-state index in [1.807, 2.05) is 26.0 Å². The lowest BCUT2D eigenvalue weighted by atomic mass is 10.1. The van der Waals surface area contributed by atoms with Crippen molar-refractivity contribution in [2.45, 2.75) is 25.2 Å². The van der Waals surface area contributed by atoms with E-state index in [0.29, 0.717) is 12.1 Å². The molecule has 1 N–H and O–H groups in total. The van der Waals surface area contributed by atoms with Gasteiger partial charge in [-0.3, -0.25) is 9.59 Å². The molecule has 0 atom stereocenters. The number of hydrogen-bond acceptors (Lipinski definition) is 3. The number of nitrogens with one attached hydrogen (secondary N) is 1. The summed E-state index contributed by atoms with van der Waals surface area (Å²) in [6.45, 7) is 4.54. The van der Waals surface area contributed by atoms with Crippen LogP contribution in [0.3, 0.4) is 0 Å². The Bertz CT molecular complexity index is 475. The van der Waals surface area contributed by atoms with E-state index in [2.05, 4.69) is 17.9 Å². The Morgan fingerprint density at radius 3 is 2.68 bits per heavy atom. The van der Waals surface area contributed by atoms with Gasteiger partial charge in [0.2, 0.25) is 5.91 Å². The lowest BCUT2D eigenvalue weighted by Gasteiger charge is -2.18. The van der Waals surface area contributed by atoms with E-state index in [0.717, 1.165) is 16.9 Å². The first-order valence-corrected chi connectivity index (χ1v) is 6.72. The van der Waals surface area contributed by atoms with Gasteiger partial charge in [-0.1, -0.05) is 13.0 Å². The van der Waals surface area contributed by atoms with Gasteiger partial charge in [-0.15, -0.1) is 12.6 Å². The Hall–Kier alpha value is -1.49. The molecule has 1 rings (SSSR count). The van der Waals surface area contributed by atoms with Gasteiger partial charge in [0.25, 0.3) is 5.91 Å². The van der Waals surface area contributed by atoms with E-state index < -0.39 is 0 Å². The lowest BCUT2D eigenvalue weighted by Crippen LogP contribution is -2.38. The monoisotopic (exact) mass is 280 g/mol. The van der Waals surface area contributed by atoms with Crippen LogP contribution >= 0.6 is 12.6 Å². The summed E-state index contributed by atoms with van der Waals surface area (Å²) < 4.78 is 0. The van der Waals surface area contributed by atoms with Crippen LogP contribution in [0.2, 0.25) is 0 Å². The third-order valence-corrected chi connectivity index (χ3v) is 3.03. The van der Waals surface area contributed by atoms with E-state index in [-0.39, 0.29) is 18.4 Å². The molecule has 0 radical (unpaired) electrons. The maximum absolute atomic E-state index is 12.2. The topological polar surface area (TPSA) is 49.4 Å². The first-order chi connectivity index (χ1) is 8.95. The van der Waals surface area contributed by atoms with Crippen molar-refractivity contribution in [1.82, 2.24) is 10.2 Å². The van der Waals surface area contributed by atoms with Crippen molar-refractivity contribution >= 4 is 24.4 Å². The fraction of sp³-hybridized carbons (Fsp3) is 0.429. The molecule has 104 valence electrons. The summed E-state index contributed by atoms with van der Waals surface area (Å²) in [5.41, 5.74) is 1.46. The lowest BCUT2D eigenvalue weighted by molar-refractivity contribution is -0.121. The molecule has 1 aromatic rings. The number of carbonyl (C=O) groups is 2. The van der Waals surface area contributed by atoms with Crippen molar-refractivity contribution in [2.24, 2.45) is 0 Å². The molecule has 0 aromatic heterocycles. The van der Waals surface area contributed by atoms with Crippen LogP contribution in [0.25, 0.3) is 0 Å². The second-order valence-corrected chi connectivity index (χ2v) is 5.03. The summed E-state index contributed by atoms with van der Waals surface area (Å²) in [7, 11) is 1.62. The second-order valence-electron chi connectivity index (χ2n) is 4.51. The van der Waals surface area contributed by atoms with Gasteiger partial charge >= 0.3 is 0 Å². The van der Waals surface area contributed by atoms with Crippen molar-refractivity contribution < 1.29 is 9.59 Å². The number of amides is 2. The number of carbonyl (C=O) groups excluding carboxylic acids is 2. The highest BCUT2D eigenvalue weighted by Crippen LogP contribution is 2.15. The molecule has 0 aliphatic rings. The van der Waals surface area contributed by atoms with Crippen LogP contribution in [-0.4, -0.2) is 36.9 Å². The molecule has 0 saturated heterocycles. The molecular formula is C14H20N2O2S. The van der Waals surface area contributed by atoms with E-state index >= 15 is 0 Å². The summed E-state index contributed by atoms with van der Waals surface area (Å²) in [4.78, 5) is 26.0. The fourth-order valence-electron chi connectivity index (χ4n) is 1.65. The number of rotatable bonds is 5. The number of thiol groups is 1. The van der Waals surface area contributed by atoms with Crippen LogP contribution in [0.4, 0.5) is 0 Å². The fourth-order valence-corrected chi connectivity index (χ4v) is 1.86. The third kappa shape index (κ3) is 4.59. The minimum Gasteiger partial charge on any atom is -0.355 e. The van der Waals surface area contributed by atoms with Gasteiger partial charge in [0, 0.05) is 24.1 Å². The van der Waals surface area contributed by atoms with Gasteiger partial charge in [-0.2, -0.15) is 0 Å². The van der Waals surface area contributed by atoms with Gasteiger partial charge in [-0.25, -0.2) is 0 Å². The van der Waals surface area contributed by atoms with Crippen molar-refractivity contribution in [1.29, 1.82) is 0 Å². The summed E-state index contributed by atoms with van der Waals surface area (Å²) >= 11 is 4.23. The largest absolute Gasteiger partial charge is 0.355 e. The molecule has 0 unspecified atom stereocenters. The van der Waals surface area contributed by atoms with Crippen LogP contribution in [0.1, 0.15) is 29.3 Å². The summed E-state index contributed by atoms with van der Waals surface area (Å²) in [5, 5.41) is 2.75. The maximum Gasteiger partial charge on any atom is 0.254 e. The predicted octanol–water partition coefficient (Wildman–Crippen LogP) is 1.88. The van der Waals surface area contributed by atoms with Gasteiger partial charge in [-0.05, 0) is 31.0 Å². The zero-order valence-electron chi connectivity index (χ0n) is 11.6. The Labute approximate surface area is 119 Å². The summed E-state index contributed by atoms with van der Waals surface area (Å²) in [6, 6.07) is 5.41. The molecule has 0 saturated carbocycles. The van der Waals surface area contributed by atoms with E-state index in [1.165, 1.54) is 4.90 Å². The Balaban J connectivity index is 2.71. The predicted molar refractivity (Wildman–Crippen MR) is 78.7 cm³/mol. The van der Waals surface area contributed by atoms with Crippen LogP contribution in [0.15, 0.2) is 23.1 Å². The number of aryl methyl sites for hydroxylation is 1. The van der Waals surface area contributed by atoms with Crippen molar-refractivity contribution in [2.75, 3.05) is 20.1 Å². The Morgan fingerprint density at radius 2 is 2.05 bits per heavy atom. The van der Waals surface area contributed by atoms with Crippen LogP contribution in [-0.2, 0) is 4.79 Å². The molecular weight excluding hydrogens is 260 g/mol. The Kier molecular flexibility index (Phi) is 5.89. The molecule has 1 aromatic carbocycles. The highest BCUT2D eigenvalue weighted by atomic mass is 32.1. The molecule has 2 amide bonds. The first kappa shape index (κ1) is 15.6. The summed E-state index contributed by atoms with van der Waals surface area (Å²) in [6.07, 6.45) is 0.879. The first-order valence-electron chi connectivity index (χ1n) is 6.27. The van der Waals surface area contributed by atoms with Gasteiger partial charge < -0.3 is 10.2 Å². The van der Waals surface area contributed by atoms with Crippen LogP contribution < -0.4 is 5.32 Å². The second kappa shape index (κ2) is 7.19. The molecule has 4 nitrogen and oxygen atoms in total. The minimum absolute atomic E-state index is 0.0646. The quantitative estimate of drug-likeness (QED) is 0.809. The highest BCUT2D eigenvalue weighted by Gasteiger charge is 2.16. The van der Waals surface area contributed by atoms with Gasteiger partial charge in [0.1, 0.15) is 0 Å². The van der Waals surface area contributed by atoms with Crippen molar-refractivity contribution in [3.8, 4) is 0 Å². The molecule has 0 spiro atoms. The number of hydrogen-bond donors (Lipinski definition) is 2. The normalized spacial score (nSPS) is 10.1. The third-order valence-electron chi connectivity index (χ3n) is 2.75. The van der Waals surface area contributed by atoms with Crippen LogP contribution in [0.5, 0.6) is 0 Å². The SMILES string of the molecule is CCCNC(=O)CN(C)C(=O)c1cc(S)ccc1C. The van der Waals surface area contributed by atoms with E-state index in [4.69, 9.17) is 0 Å². The smallest absolute Gasteiger partial charge is 0.254 e. The summed E-state index contributed by atoms with van der Waals surface area (Å²) in [5.74, 6) is -0.308. The van der Waals surface area contributed by atoms with Crippen molar-refractivity contribution in [3.05, 3.63) is 29.3 Å². The standard InChI is InChI=1S/C14H20N2O2S/c1-4-7-15-13(17)9-16(3)14(18)12-8-11(19)6-5-10(12)2/h5-6,8,19H,4,7,9H2,1-3H3,(H,15,17). The average Bonchev–Trinajstić information content (AvgIpc) is 2.38. The average molecular weight is 280 g/mol. The Morgan fingerprint density at radius 1 is 1.37 bits per heavy atom. The number of nitrogens with zero attached hydrogens (tertiary/aromatic N) is 1. The molecule has 5 heteroatoms. The molecule has 19 heavy (non-hydrogen) atoms. The highest BCUT2D eigenvalue weighted by molar-refractivity contribution is 7.80. The molecule has 0 bridgehead atoms. The van der Waals surface area contributed by atoms with E-state index in [1.54, 1.807) is 13.1 Å². The maximum atomic E-state index is 12.2. The minimum atomic E-state index is -0.167. The number of benzene rings is 1. The van der Waals surface area contributed by atoms with Crippen LogP contribution in [0, 0.1) is 6.92 Å². The zero-order chi connectivity index (χ0) is 14.4. The molecule has 0 fully saturated rings.